The van der Waals surface area contributed by atoms with E-state index in [-0.39, 0.29) is 12.1 Å². The molecular formula is C8H17NO3. The molecule has 0 amide bonds. The summed E-state index contributed by atoms with van der Waals surface area (Å²) in [7, 11) is 0. The summed E-state index contributed by atoms with van der Waals surface area (Å²) >= 11 is 0. The highest BCUT2D eigenvalue weighted by Crippen LogP contribution is 2.24. The molecule has 72 valence electrons. The van der Waals surface area contributed by atoms with Gasteiger partial charge in [-0.15, -0.1) is 0 Å². The molecule has 0 aromatic carbocycles. The number of aliphatic hydroxyl groups is 2. The van der Waals surface area contributed by atoms with Crippen molar-refractivity contribution in [1.29, 1.82) is 0 Å². The van der Waals surface area contributed by atoms with Crippen LogP contribution in [0.2, 0.25) is 0 Å². The number of ether oxygens (including phenoxy) is 1. The van der Waals surface area contributed by atoms with Gasteiger partial charge >= 0.3 is 0 Å². The normalized spacial score (nSPS) is 37.2. The van der Waals surface area contributed by atoms with Crippen LogP contribution in [0.15, 0.2) is 0 Å². The largest absolute Gasteiger partial charge is 0.390 e. The van der Waals surface area contributed by atoms with Crippen molar-refractivity contribution in [2.75, 3.05) is 0 Å². The first-order chi connectivity index (χ1) is 5.38. The molecule has 3 atom stereocenters. The van der Waals surface area contributed by atoms with E-state index < -0.39 is 11.9 Å². The molecule has 4 heteroatoms. The molecule has 4 nitrogen and oxygen atoms in total. The van der Waals surface area contributed by atoms with Crippen molar-refractivity contribution in [2.24, 2.45) is 5.73 Å². The van der Waals surface area contributed by atoms with Gasteiger partial charge in [-0.2, -0.15) is 0 Å². The minimum atomic E-state index is -1.18. The summed E-state index contributed by atoms with van der Waals surface area (Å²) in [5, 5.41) is 18.7. The molecule has 0 aromatic rings. The number of aliphatic hydroxyl groups excluding tert-OH is 1. The first-order valence-corrected chi connectivity index (χ1v) is 4.22. The molecular weight excluding hydrogens is 158 g/mol. The first kappa shape index (κ1) is 9.92. The van der Waals surface area contributed by atoms with Gasteiger partial charge in [-0.1, -0.05) is 0 Å². The molecule has 0 saturated heterocycles. The van der Waals surface area contributed by atoms with E-state index in [1.54, 1.807) is 13.8 Å². The molecule has 12 heavy (non-hydrogen) atoms. The van der Waals surface area contributed by atoms with Gasteiger partial charge in [0.15, 0.2) is 5.79 Å². The minimum Gasteiger partial charge on any atom is -0.390 e. The van der Waals surface area contributed by atoms with Crippen molar-refractivity contribution >= 4 is 0 Å². The third-order valence-electron chi connectivity index (χ3n) is 1.95. The Morgan fingerprint density at radius 3 is 2.33 bits per heavy atom. The average molecular weight is 175 g/mol. The van der Waals surface area contributed by atoms with Crippen molar-refractivity contribution in [3.05, 3.63) is 0 Å². The van der Waals surface area contributed by atoms with Gasteiger partial charge in [-0.25, -0.2) is 0 Å². The summed E-state index contributed by atoms with van der Waals surface area (Å²) in [6, 6.07) is -0.00708. The van der Waals surface area contributed by atoms with E-state index in [9.17, 15) is 10.2 Å². The van der Waals surface area contributed by atoms with Crippen LogP contribution in [0.25, 0.3) is 0 Å². The Morgan fingerprint density at radius 1 is 1.42 bits per heavy atom. The van der Waals surface area contributed by atoms with E-state index in [4.69, 9.17) is 10.5 Å². The van der Waals surface area contributed by atoms with Gasteiger partial charge in [0.05, 0.1) is 12.2 Å². The fraction of sp³-hybridized carbons (Fsp3) is 1.00. The van der Waals surface area contributed by atoms with E-state index in [0.717, 1.165) is 0 Å². The topological polar surface area (TPSA) is 75.7 Å². The Kier molecular flexibility index (Phi) is 2.73. The molecule has 1 rings (SSSR count). The van der Waals surface area contributed by atoms with Crippen LogP contribution in [-0.2, 0) is 4.74 Å². The standard InChI is InChI=1S/C8H17NO3/c1-8(2,11)12-7-4-5(9)3-6(7)10/h5-7,10-11H,3-4,9H2,1-2H3/t5-,6+,7+/m1/s1. The van der Waals surface area contributed by atoms with Gasteiger partial charge in [0, 0.05) is 6.04 Å². The number of hydrogen-bond donors (Lipinski definition) is 3. The van der Waals surface area contributed by atoms with E-state index in [1.807, 2.05) is 0 Å². The molecule has 4 N–H and O–H groups in total. The molecule has 0 bridgehead atoms. The van der Waals surface area contributed by atoms with Gasteiger partial charge in [-0.05, 0) is 26.7 Å². The average Bonchev–Trinajstić information content (AvgIpc) is 2.06. The second-order valence-electron chi connectivity index (χ2n) is 3.90. The van der Waals surface area contributed by atoms with E-state index >= 15 is 0 Å². The maximum atomic E-state index is 9.41. The van der Waals surface area contributed by atoms with Crippen LogP contribution < -0.4 is 5.73 Å². The van der Waals surface area contributed by atoms with Gasteiger partial charge in [0.1, 0.15) is 0 Å². The Hall–Kier alpha value is -0.160. The second-order valence-corrected chi connectivity index (χ2v) is 3.90. The quantitative estimate of drug-likeness (QED) is 0.498. The molecule has 0 unspecified atom stereocenters. The van der Waals surface area contributed by atoms with Gasteiger partial charge in [0.2, 0.25) is 0 Å². The number of rotatable bonds is 2. The van der Waals surface area contributed by atoms with Crippen LogP contribution in [-0.4, -0.2) is 34.2 Å². The molecule has 0 spiro atoms. The van der Waals surface area contributed by atoms with Crippen molar-refractivity contribution in [3.63, 3.8) is 0 Å². The number of hydrogen-bond acceptors (Lipinski definition) is 4. The van der Waals surface area contributed by atoms with Gasteiger partial charge in [-0.3, -0.25) is 0 Å². The third-order valence-corrected chi connectivity index (χ3v) is 1.95. The maximum Gasteiger partial charge on any atom is 0.160 e. The highest BCUT2D eigenvalue weighted by Gasteiger charge is 2.34. The zero-order chi connectivity index (χ0) is 9.35. The summed E-state index contributed by atoms with van der Waals surface area (Å²) in [5.74, 6) is -1.18. The Bertz CT molecular complexity index is 155. The van der Waals surface area contributed by atoms with Crippen LogP contribution in [0, 0.1) is 0 Å². The van der Waals surface area contributed by atoms with Crippen LogP contribution in [0.4, 0.5) is 0 Å². The van der Waals surface area contributed by atoms with Crippen LogP contribution in [0.5, 0.6) is 0 Å². The highest BCUT2D eigenvalue weighted by molar-refractivity contribution is 4.87. The zero-order valence-corrected chi connectivity index (χ0v) is 7.53. The van der Waals surface area contributed by atoms with E-state index in [2.05, 4.69) is 0 Å². The fourth-order valence-corrected chi connectivity index (χ4v) is 1.51. The van der Waals surface area contributed by atoms with E-state index in [0.29, 0.717) is 12.8 Å². The smallest absolute Gasteiger partial charge is 0.160 e. The Morgan fingerprint density at radius 2 is 2.00 bits per heavy atom. The second kappa shape index (κ2) is 3.30. The number of nitrogens with two attached hydrogens (primary N) is 1. The summed E-state index contributed by atoms with van der Waals surface area (Å²) in [6.07, 6.45) is 0.317. The van der Waals surface area contributed by atoms with Crippen molar-refractivity contribution < 1.29 is 14.9 Å². The summed E-state index contributed by atoms with van der Waals surface area (Å²) in [4.78, 5) is 0. The highest BCUT2D eigenvalue weighted by atomic mass is 16.6. The molecule has 1 aliphatic carbocycles. The fourth-order valence-electron chi connectivity index (χ4n) is 1.51. The lowest BCUT2D eigenvalue weighted by molar-refractivity contribution is -0.219. The SMILES string of the molecule is CC(C)(O)O[C@H]1C[C@H](N)C[C@@H]1O. The Labute approximate surface area is 72.3 Å². The van der Waals surface area contributed by atoms with Gasteiger partial charge in [0.25, 0.3) is 0 Å². The van der Waals surface area contributed by atoms with E-state index in [1.165, 1.54) is 0 Å². The Balaban J connectivity index is 2.43. The molecule has 0 aliphatic heterocycles. The third kappa shape index (κ3) is 2.71. The molecule has 0 heterocycles. The summed E-state index contributed by atoms with van der Waals surface area (Å²) in [5.41, 5.74) is 5.61. The molecule has 0 radical (unpaired) electrons. The van der Waals surface area contributed by atoms with Crippen molar-refractivity contribution in [1.82, 2.24) is 0 Å². The lowest BCUT2D eigenvalue weighted by Gasteiger charge is -2.25. The molecule has 1 aliphatic rings. The van der Waals surface area contributed by atoms with Gasteiger partial charge < -0.3 is 20.7 Å². The summed E-state index contributed by atoms with van der Waals surface area (Å²) in [6.45, 7) is 3.09. The lowest BCUT2D eigenvalue weighted by atomic mass is 10.2. The van der Waals surface area contributed by atoms with Crippen LogP contribution >= 0.6 is 0 Å². The molecule has 0 aromatic heterocycles. The van der Waals surface area contributed by atoms with Crippen molar-refractivity contribution in [3.8, 4) is 0 Å². The zero-order valence-electron chi connectivity index (χ0n) is 7.53. The lowest BCUT2D eigenvalue weighted by Crippen LogP contribution is -2.34. The predicted octanol–water partition coefficient (Wildman–Crippen LogP) is -0.418. The maximum absolute atomic E-state index is 9.41. The van der Waals surface area contributed by atoms with Crippen LogP contribution in [0.1, 0.15) is 26.7 Å². The molecule has 1 fully saturated rings. The first-order valence-electron chi connectivity index (χ1n) is 4.22. The van der Waals surface area contributed by atoms with Crippen molar-refractivity contribution in [2.45, 2.75) is 50.7 Å². The minimum absolute atomic E-state index is 0.00708. The predicted molar refractivity (Wildman–Crippen MR) is 44.4 cm³/mol. The molecule has 1 saturated carbocycles. The summed E-state index contributed by atoms with van der Waals surface area (Å²) < 4.78 is 5.21. The van der Waals surface area contributed by atoms with Crippen LogP contribution in [0.3, 0.4) is 0 Å². The monoisotopic (exact) mass is 175 g/mol.